The van der Waals surface area contributed by atoms with Gasteiger partial charge in [-0.2, -0.15) is 0 Å². The minimum atomic E-state index is -1.99. The Balaban J connectivity index is 1.95. The fraction of sp³-hybridized carbons (Fsp3) is 0.286. The van der Waals surface area contributed by atoms with Gasteiger partial charge in [-0.3, -0.25) is 0 Å². The minimum absolute atomic E-state index is 0.0409. The second-order valence-corrected chi connectivity index (χ2v) is 8.57. The van der Waals surface area contributed by atoms with Gasteiger partial charge in [-0.05, 0) is 41.0 Å². The normalized spacial score (nSPS) is 22.1. The molecule has 3 aromatic rings. The highest BCUT2D eigenvalue weighted by Crippen LogP contribution is 2.44. The third-order valence-electron chi connectivity index (χ3n) is 6.76. The summed E-state index contributed by atoms with van der Waals surface area (Å²) in [6.45, 7) is -0.284. The molecule has 4 rings (SSSR count). The Labute approximate surface area is 200 Å². The van der Waals surface area contributed by atoms with Crippen LogP contribution in [0.3, 0.4) is 0 Å². The smallest absolute Gasteiger partial charge is 0.191 e. The van der Waals surface area contributed by atoms with Crippen LogP contribution in [0.5, 0.6) is 11.5 Å². The second-order valence-electron chi connectivity index (χ2n) is 8.57. The third-order valence-corrected chi connectivity index (χ3v) is 6.76. The van der Waals surface area contributed by atoms with E-state index in [1.54, 1.807) is 14.2 Å². The standard InChI is InChI=1S/C28H28BFO4/c1-4-27(30)18-25(19-31)34-26(27)29-28(20-8-6-5-7-9-20,21-10-14-23(32-2)15-11-21)22-12-16-24(33-3)17-13-22/h1,5-17,25-26,29,31H,18-19H2,2-3H3/t25-,26+,27+/m0/s1. The molecule has 0 unspecified atom stereocenters. The third kappa shape index (κ3) is 4.30. The molecule has 174 valence electrons. The zero-order chi connectivity index (χ0) is 24.2. The summed E-state index contributed by atoms with van der Waals surface area (Å²) in [6, 6.07) is 24.6. The molecule has 0 bridgehead atoms. The highest BCUT2D eigenvalue weighted by molar-refractivity contribution is 6.45. The molecule has 0 aromatic heterocycles. The van der Waals surface area contributed by atoms with Crippen molar-refractivity contribution in [1.82, 2.24) is 0 Å². The molecule has 1 aliphatic rings. The molecule has 0 spiro atoms. The van der Waals surface area contributed by atoms with Crippen LogP contribution in [0.25, 0.3) is 0 Å². The van der Waals surface area contributed by atoms with Gasteiger partial charge >= 0.3 is 0 Å². The molecular weight excluding hydrogens is 430 g/mol. The SMILES string of the molecule is C#C[C@@]1(F)C[C@@H](CO)O[C@H]1BC(c1ccccc1)(c1ccc(OC)cc1)c1ccc(OC)cc1. The summed E-state index contributed by atoms with van der Waals surface area (Å²) >= 11 is 0. The Kier molecular flexibility index (Phi) is 6.97. The molecule has 1 N–H and O–H groups in total. The first kappa shape index (κ1) is 23.9. The molecule has 1 aliphatic heterocycles. The number of ether oxygens (including phenoxy) is 3. The predicted octanol–water partition coefficient (Wildman–Crippen LogP) is 3.88. The zero-order valence-electron chi connectivity index (χ0n) is 19.4. The van der Waals surface area contributed by atoms with Crippen molar-refractivity contribution in [3.63, 3.8) is 0 Å². The monoisotopic (exact) mass is 458 g/mol. The lowest BCUT2D eigenvalue weighted by atomic mass is 9.40. The summed E-state index contributed by atoms with van der Waals surface area (Å²) in [6.07, 6.45) is 4.98. The van der Waals surface area contributed by atoms with Crippen LogP contribution in [0.1, 0.15) is 23.1 Å². The number of aliphatic hydroxyl groups excluding tert-OH is 1. The molecule has 34 heavy (non-hydrogen) atoms. The zero-order valence-corrected chi connectivity index (χ0v) is 19.4. The molecule has 1 fully saturated rings. The minimum Gasteiger partial charge on any atom is -0.497 e. The Morgan fingerprint density at radius 3 is 1.91 bits per heavy atom. The van der Waals surface area contributed by atoms with E-state index in [9.17, 15) is 5.11 Å². The number of rotatable bonds is 8. The van der Waals surface area contributed by atoms with Crippen molar-refractivity contribution in [2.24, 2.45) is 0 Å². The first-order chi connectivity index (χ1) is 16.5. The lowest BCUT2D eigenvalue weighted by Crippen LogP contribution is -2.48. The van der Waals surface area contributed by atoms with Gasteiger partial charge in [-0.15, -0.1) is 6.42 Å². The molecule has 6 heteroatoms. The number of benzene rings is 3. The van der Waals surface area contributed by atoms with Crippen molar-refractivity contribution < 1.29 is 23.7 Å². The summed E-state index contributed by atoms with van der Waals surface area (Å²) < 4.78 is 32.7. The van der Waals surface area contributed by atoms with E-state index in [2.05, 4.69) is 5.92 Å². The van der Waals surface area contributed by atoms with Crippen LogP contribution in [-0.4, -0.2) is 51.0 Å². The van der Waals surface area contributed by atoms with Crippen LogP contribution in [0, 0.1) is 12.3 Å². The summed E-state index contributed by atoms with van der Waals surface area (Å²) in [5.41, 5.74) is 0.868. The maximum Gasteiger partial charge on any atom is 0.191 e. The van der Waals surface area contributed by atoms with E-state index in [-0.39, 0.29) is 20.3 Å². The first-order valence-electron chi connectivity index (χ1n) is 11.3. The van der Waals surface area contributed by atoms with E-state index in [1.165, 1.54) is 0 Å². The lowest BCUT2D eigenvalue weighted by molar-refractivity contribution is 0.0303. The van der Waals surface area contributed by atoms with Crippen LogP contribution in [0.15, 0.2) is 78.9 Å². The second kappa shape index (κ2) is 9.93. The van der Waals surface area contributed by atoms with Crippen LogP contribution in [0.4, 0.5) is 4.39 Å². The van der Waals surface area contributed by atoms with E-state index in [4.69, 9.17) is 20.6 Å². The first-order valence-corrected chi connectivity index (χ1v) is 11.3. The molecule has 4 nitrogen and oxygen atoms in total. The van der Waals surface area contributed by atoms with Crippen LogP contribution >= 0.6 is 0 Å². The molecule has 0 aliphatic carbocycles. The number of alkyl halides is 1. The van der Waals surface area contributed by atoms with Gasteiger partial charge < -0.3 is 19.3 Å². The Morgan fingerprint density at radius 1 is 0.971 bits per heavy atom. The van der Waals surface area contributed by atoms with Gasteiger partial charge in [0.25, 0.3) is 0 Å². The van der Waals surface area contributed by atoms with Crippen molar-refractivity contribution in [2.75, 3.05) is 20.8 Å². The van der Waals surface area contributed by atoms with E-state index < -0.39 is 23.1 Å². The number of methoxy groups -OCH3 is 2. The van der Waals surface area contributed by atoms with E-state index >= 15 is 4.39 Å². The van der Waals surface area contributed by atoms with Crippen molar-refractivity contribution >= 4 is 7.28 Å². The predicted molar refractivity (Wildman–Crippen MR) is 132 cm³/mol. The molecule has 0 saturated carbocycles. The van der Waals surface area contributed by atoms with E-state index in [0.717, 1.165) is 28.2 Å². The van der Waals surface area contributed by atoms with Gasteiger partial charge in [0, 0.05) is 11.7 Å². The van der Waals surface area contributed by atoms with Crippen LogP contribution in [0.2, 0.25) is 0 Å². The quantitative estimate of drug-likeness (QED) is 0.316. The average molecular weight is 458 g/mol. The number of aliphatic hydroxyl groups is 1. The summed E-state index contributed by atoms with van der Waals surface area (Å²) in [5.74, 6) is 3.77. The molecule has 1 saturated heterocycles. The van der Waals surface area contributed by atoms with Gasteiger partial charge in [0.1, 0.15) is 11.5 Å². The fourth-order valence-corrected chi connectivity index (χ4v) is 4.93. The van der Waals surface area contributed by atoms with Gasteiger partial charge in [0.15, 0.2) is 12.9 Å². The maximum absolute atomic E-state index is 15.9. The van der Waals surface area contributed by atoms with Crippen LogP contribution < -0.4 is 9.47 Å². The molecule has 3 aromatic carbocycles. The topological polar surface area (TPSA) is 47.9 Å². The van der Waals surface area contributed by atoms with Gasteiger partial charge in [-0.25, -0.2) is 4.39 Å². The lowest BCUT2D eigenvalue weighted by Gasteiger charge is -2.38. The van der Waals surface area contributed by atoms with Gasteiger partial charge in [0.05, 0.1) is 32.9 Å². The highest BCUT2D eigenvalue weighted by Gasteiger charge is 2.53. The van der Waals surface area contributed by atoms with E-state index in [1.807, 2.05) is 78.9 Å². The Bertz CT molecular complexity index is 1080. The van der Waals surface area contributed by atoms with E-state index in [0.29, 0.717) is 0 Å². The highest BCUT2D eigenvalue weighted by atomic mass is 19.1. The molecule has 3 atom stereocenters. The van der Waals surface area contributed by atoms with Crippen molar-refractivity contribution in [2.45, 2.75) is 29.5 Å². The summed E-state index contributed by atoms with van der Waals surface area (Å²) in [5, 5.41) is 8.90. The molecule has 1 heterocycles. The Morgan fingerprint density at radius 2 is 1.47 bits per heavy atom. The van der Waals surface area contributed by atoms with Crippen LogP contribution in [-0.2, 0) is 10.1 Å². The average Bonchev–Trinajstić information content (AvgIpc) is 3.23. The number of hydrogen-bond donors (Lipinski definition) is 1. The number of terminal acetylenes is 1. The fourth-order valence-electron chi connectivity index (χ4n) is 4.93. The number of hydrogen-bond acceptors (Lipinski definition) is 4. The van der Waals surface area contributed by atoms with Crippen molar-refractivity contribution in [3.05, 3.63) is 95.6 Å². The number of halogens is 1. The molecule has 0 amide bonds. The van der Waals surface area contributed by atoms with Gasteiger partial charge in [0.2, 0.25) is 0 Å². The summed E-state index contributed by atoms with van der Waals surface area (Å²) in [7, 11) is 3.48. The molecular formula is C28H28BFO4. The maximum atomic E-state index is 15.9. The molecule has 0 radical (unpaired) electrons. The van der Waals surface area contributed by atoms with Crippen molar-refractivity contribution in [3.8, 4) is 23.8 Å². The Hall–Kier alpha value is -3.27. The largest absolute Gasteiger partial charge is 0.497 e. The van der Waals surface area contributed by atoms with Crippen molar-refractivity contribution in [1.29, 1.82) is 0 Å². The summed E-state index contributed by atoms with van der Waals surface area (Å²) in [4.78, 5) is 0. The van der Waals surface area contributed by atoms with Gasteiger partial charge in [-0.1, -0.05) is 60.5 Å².